The molecule has 3 rings (SSSR count). The maximum Gasteiger partial charge on any atom is 0.0417 e. The van der Waals surface area contributed by atoms with Crippen molar-refractivity contribution in [3.05, 3.63) is 47.6 Å². The third-order valence-electron chi connectivity index (χ3n) is 3.82. The van der Waals surface area contributed by atoms with E-state index in [1.54, 1.807) is 0 Å². The van der Waals surface area contributed by atoms with Crippen LogP contribution in [-0.2, 0) is 0 Å². The lowest BCUT2D eigenvalue weighted by Crippen LogP contribution is -2.10. The van der Waals surface area contributed by atoms with E-state index in [-0.39, 0.29) is 0 Å². The van der Waals surface area contributed by atoms with Gasteiger partial charge in [0.1, 0.15) is 0 Å². The molecule has 1 heterocycles. The highest BCUT2D eigenvalue weighted by molar-refractivity contribution is 6.04. The van der Waals surface area contributed by atoms with E-state index in [9.17, 15) is 0 Å². The van der Waals surface area contributed by atoms with Crippen LogP contribution in [0, 0.1) is 0 Å². The molecule has 1 aliphatic heterocycles. The molecule has 0 atom stereocenters. The highest BCUT2D eigenvalue weighted by atomic mass is 14.7. The molecule has 0 spiro atoms. The summed E-state index contributed by atoms with van der Waals surface area (Å²) in [6.07, 6.45) is 10.5. The van der Waals surface area contributed by atoms with E-state index < -0.39 is 0 Å². The topological polar surface area (TPSA) is 38.4 Å². The van der Waals surface area contributed by atoms with Crippen molar-refractivity contribution < 1.29 is 0 Å². The number of hydrogen-bond donors (Lipinski definition) is 1. The van der Waals surface area contributed by atoms with Gasteiger partial charge in [-0.25, -0.2) is 0 Å². The van der Waals surface area contributed by atoms with E-state index in [1.807, 2.05) is 12.1 Å². The molecule has 0 radical (unpaired) electrons. The van der Waals surface area contributed by atoms with E-state index in [0.717, 1.165) is 31.5 Å². The molecule has 1 aromatic carbocycles. The van der Waals surface area contributed by atoms with Crippen LogP contribution in [0.4, 0.5) is 5.69 Å². The fourth-order valence-electron chi connectivity index (χ4n) is 2.80. The Morgan fingerprint density at radius 2 is 2.05 bits per heavy atom. The number of benzene rings is 1. The Morgan fingerprint density at radius 3 is 2.84 bits per heavy atom. The molecule has 1 aliphatic carbocycles. The molecule has 0 fully saturated rings. The highest BCUT2D eigenvalue weighted by Crippen LogP contribution is 2.29. The molecule has 2 N–H and O–H groups in total. The molecule has 2 aliphatic rings. The zero-order valence-electron chi connectivity index (χ0n) is 11.2. The van der Waals surface area contributed by atoms with Crippen LogP contribution in [0.5, 0.6) is 0 Å². The van der Waals surface area contributed by atoms with Crippen molar-refractivity contribution in [1.82, 2.24) is 0 Å². The monoisotopic (exact) mass is 252 g/mol. The van der Waals surface area contributed by atoms with Crippen molar-refractivity contribution in [2.75, 3.05) is 12.3 Å². The molecule has 2 heteroatoms. The molecule has 0 bridgehead atoms. The number of nitrogen functional groups attached to an aromatic ring is 1. The minimum atomic E-state index is 0.838. The van der Waals surface area contributed by atoms with E-state index in [1.165, 1.54) is 35.3 Å². The van der Waals surface area contributed by atoms with E-state index >= 15 is 0 Å². The second kappa shape index (κ2) is 5.43. The standard InChI is InChI=1S/C17H20N2/c18-16-8-4-6-14(12-16)13-5-3-7-15(11-13)17-9-1-2-10-19-17/h4,6-8,11-12H,1-3,5,9-10,18H2. The zero-order valence-corrected chi connectivity index (χ0v) is 11.2. The number of allylic oxidation sites excluding steroid dienone is 4. The van der Waals surface area contributed by atoms with Gasteiger partial charge in [-0.3, -0.25) is 4.99 Å². The highest BCUT2D eigenvalue weighted by Gasteiger charge is 2.13. The van der Waals surface area contributed by atoms with Gasteiger partial charge in [0.25, 0.3) is 0 Å². The summed E-state index contributed by atoms with van der Waals surface area (Å²) in [5.74, 6) is 0. The summed E-state index contributed by atoms with van der Waals surface area (Å²) in [6, 6.07) is 8.18. The molecule has 19 heavy (non-hydrogen) atoms. The first-order valence-corrected chi connectivity index (χ1v) is 7.13. The fourth-order valence-corrected chi connectivity index (χ4v) is 2.80. The number of rotatable bonds is 2. The van der Waals surface area contributed by atoms with Gasteiger partial charge in [-0.2, -0.15) is 0 Å². The van der Waals surface area contributed by atoms with Gasteiger partial charge in [0.2, 0.25) is 0 Å². The molecule has 1 aromatic rings. The summed E-state index contributed by atoms with van der Waals surface area (Å²) in [7, 11) is 0. The Labute approximate surface area is 114 Å². The van der Waals surface area contributed by atoms with Gasteiger partial charge in [-0.15, -0.1) is 0 Å². The first kappa shape index (κ1) is 12.2. The van der Waals surface area contributed by atoms with Crippen LogP contribution in [0.1, 0.15) is 37.7 Å². The van der Waals surface area contributed by atoms with Crippen molar-refractivity contribution in [2.24, 2.45) is 4.99 Å². The molecule has 0 saturated carbocycles. The minimum absolute atomic E-state index is 0.838. The van der Waals surface area contributed by atoms with Gasteiger partial charge in [-0.1, -0.05) is 18.2 Å². The minimum Gasteiger partial charge on any atom is -0.399 e. The van der Waals surface area contributed by atoms with Crippen molar-refractivity contribution in [2.45, 2.75) is 32.1 Å². The van der Waals surface area contributed by atoms with E-state index in [0.29, 0.717) is 0 Å². The van der Waals surface area contributed by atoms with Crippen molar-refractivity contribution in [1.29, 1.82) is 0 Å². The predicted molar refractivity (Wildman–Crippen MR) is 82.3 cm³/mol. The van der Waals surface area contributed by atoms with Gasteiger partial charge in [0, 0.05) is 17.9 Å². The molecular formula is C17H20N2. The number of anilines is 1. The summed E-state index contributed by atoms with van der Waals surface area (Å²) in [5.41, 5.74) is 12.0. The normalized spacial score (nSPS) is 19.5. The van der Waals surface area contributed by atoms with Crippen LogP contribution in [-0.4, -0.2) is 12.3 Å². The fraction of sp³-hybridized carbons (Fsp3) is 0.353. The molecule has 98 valence electrons. The molecule has 0 amide bonds. The smallest absolute Gasteiger partial charge is 0.0417 e. The van der Waals surface area contributed by atoms with Crippen molar-refractivity contribution in [3.63, 3.8) is 0 Å². The van der Waals surface area contributed by atoms with Crippen LogP contribution >= 0.6 is 0 Å². The maximum atomic E-state index is 5.88. The van der Waals surface area contributed by atoms with Gasteiger partial charge in [-0.05, 0) is 67.0 Å². The molecule has 0 saturated heterocycles. The number of aliphatic imine (C=N–C) groups is 1. The summed E-state index contributed by atoms with van der Waals surface area (Å²) < 4.78 is 0. The van der Waals surface area contributed by atoms with Crippen LogP contribution in [0.15, 0.2) is 47.0 Å². The molecule has 0 unspecified atom stereocenters. The number of hydrogen-bond acceptors (Lipinski definition) is 2. The van der Waals surface area contributed by atoms with Crippen LogP contribution in [0.2, 0.25) is 0 Å². The number of nitrogens with zero attached hydrogens (tertiary/aromatic N) is 1. The Hall–Kier alpha value is -1.83. The summed E-state index contributed by atoms with van der Waals surface area (Å²) in [6.45, 7) is 0.994. The second-order valence-electron chi connectivity index (χ2n) is 5.28. The zero-order chi connectivity index (χ0) is 13.1. The molecule has 2 nitrogen and oxygen atoms in total. The first-order valence-electron chi connectivity index (χ1n) is 7.13. The Kier molecular flexibility index (Phi) is 3.49. The second-order valence-corrected chi connectivity index (χ2v) is 5.28. The van der Waals surface area contributed by atoms with Crippen LogP contribution < -0.4 is 5.73 Å². The van der Waals surface area contributed by atoms with Crippen molar-refractivity contribution >= 4 is 17.0 Å². The van der Waals surface area contributed by atoms with Crippen LogP contribution in [0.3, 0.4) is 0 Å². The predicted octanol–water partition coefficient (Wildman–Crippen LogP) is 4.00. The maximum absolute atomic E-state index is 5.88. The van der Waals surface area contributed by atoms with Gasteiger partial charge in [0.15, 0.2) is 0 Å². The number of nitrogens with two attached hydrogens (primary N) is 1. The van der Waals surface area contributed by atoms with E-state index in [2.05, 4.69) is 29.3 Å². The largest absolute Gasteiger partial charge is 0.399 e. The molecular weight excluding hydrogens is 232 g/mol. The lowest BCUT2D eigenvalue weighted by atomic mass is 9.90. The SMILES string of the molecule is Nc1cccc(C2=CC(C3=NCCCC3)=CCC2)c1. The Bertz CT molecular complexity index is 564. The molecule has 0 aromatic heterocycles. The third kappa shape index (κ3) is 2.78. The average molecular weight is 252 g/mol. The quantitative estimate of drug-likeness (QED) is 0.794. The van der Waals surface area contributed by atoms with Gasteiger partial charge in [0.05, 0.1) is 0 Å². The van der Waals surface area contributed by atoms with Crippen molar-refractivity contribution in [3.8, 4) is 0 Å². The van der Waals surface area contributed by atoms with E-state index in [4.69, 9.17) is 5.73 Å². The van der Waals surface area contributed by atoms with Gasteiger partial charge < -0.3 is 5.73 Å². The lowest BCUT2D eigenvalue weighted by Gasteiger charge is -2.18. The van der Waals surface area contributed by atoms with Gasteiger partial charge >= 0.3 is 0 Å². The Balaban J connectivity index is 1.89. The third-order valence-corrected chi connectivity index (χ3v) is 3.82. The summed E-state index contributed by atoms with van der Waals surface area (Å²) in [4.78, 5) is 4.68. The summed E-state index contributed by atoms with van der Waals surface area (Å²) >= 11 is 0. The average Bonchev–Trinajstić information content (AvgIpc) is 2.48. The van der Waals surface area contributed by atoms with Crippen LogP contribution in [0.25, 0.3) is 5.57 Å². The first-order chi connectivity index (χ1) is 9.33. The lowest BCUT2D eigenvalue weighted by molar-refractivity contribution is 0.738. The Morgan fingerprint density at radius 1 is 1.11 bits per heavy atom. The summed E-state index contributed by atoms with van der Waals surface area (Å²) in [5, 5.41) is 0.